The molecular weight excluding hydrogens is 416 g/mol. The summed E-state index contributed by atoms with van der Waals surface area (Å²) in [5, 5.41) is 0. The third kappa shape index (κ3) is 4.75. The quantitative estimate of drug-likeness (QED) is 0.469. The van der Waals surface area contributed by atoms with Crippen LogP contribution in [0.2, 0.25) is 0 Å². The van der Waals surface area contributed by atoms with E-state index in [1.54, 1.807) is 11.5 Å². The molecule has 170 valence electrons. The highest BCUT2D eigenvalue weighted by Crippen LogP contribution is 2.25. The molecule has 0 atom stereocenters. The molecular formula is C25H28N6O2. The minimum atomic E-state index is -0.270. The van der Waals surface area contributed by atoms with Crippen LogP contribution in [0.25, 0.3) is 11.2 Å². The molecule has 8 nitrogen and oxygen atoms in total. The molecule has 0 bridgehead atoms. The molecule has 3 heterocycles. The van der Waals surface area contributed by atoms with Crippen LogP contribution in [0.4, 0.5) is 5.82 Å². The van der Waals surface area contributed by atoms with Gasteiger partial charge in [-0.25, -0.2) is 14.8 Å². The Bertz CT molecular complexity index is 1340. The van der Waals surface area contributed by atoms with Crippen molar-refractivity contribution in [3.63, 3.8) is 0 Å². The zero-order valence-electron chi connectivity index (χ0n) is 18.8. The first kappa shape index (κ1) is 21.2. The second-order valence-electron chi connectivity index (χ2n) is 8.60. The van der Waals surface area contributed by atoms with Crippen molar-refractivity contribution in [2.75, 3.05) is 18.8 Å². The molecule has 0 radical (unpaired) electrons. The summed E-state index contributed by atoms with van der Waals surface area (Å²) in [6, 6.07) is 16.0. The number of ether oxygens (including phenoxy) is 1. The zero-order valence-corrected chi connectivity index (χ0v) is 18.8. The number of aryl methyl sites for hydroxylation is 1. The molecule has 2 aromatic heterocycles. The highest BCUT2D eigenvalue weighted by Gasteiger charge is 2.14. The summed E-state index contributed by atoms with van der Waals surface area (Å²) in [6.45, 7) is 5.38. The number of likely N-dealkylation sites (tertiary alicyclic amines) is 1. The molecule has 33 heavy (non-hydrogen) atoms. The van der Waals surface area contributed by atoms with Crippen molar-refractivity contribution in [2.45, 2.75) is 39.3 Å². The smallest absolute Gasteiger partial charge is 0.328 e. The number of hydrogen-bond acceptors (Lipinski definition) is 6. The Labute approximate surface area is 192 Å². The molecule has 1 aliphatic rings. The van der Waals surface area contributed by atoms with Gasteiger partial charge in [-0.05, 0) is 68.2 Å². The maximum Gasteiger partial charge on any atom is 0.328 e. The third-order valence-electron chi connectivity index (χ3n) is 5.99. The summed E-state index contributed by atoms with van der Waals surface area (Å²) >= 11 is 0. The molecule has 1 fully saturated rings. The Kier molecular flexibility index (Phi) is 5.83. The number of aromatic nitrogens is 4. The summed E-state index contributed by atoms with van der Waals surface area (Å²) in [7, 11) is 0. The van der Waals surface area contributed by atoms with Gasteiger partial charge in [-0.2, -0.15) is 0 Å². The van der Waals surface area contributed by atoms with Crippen LogP contribution in [-0.4, -0.2) is 37.5 Å². The molecule has 0 unspecified atom stereocenters. The second-order valence-corrected chi connectivity index (χ2v) is 8.60. The summed E-state index contributed by atoms with van der Waals surface area (Å²) < 4.78 is 7.73. The van der Waals surface area contributed by atoms with Gasteiger partial charge < -0.3 is 15.5 Å². The highest BCUT2D eigenvalue weighted by atomic mass is 16.5. The van der Waals surface area contributed by atoms with Crippen molar-refractivity contribution in [2.24, 2.45) is 0 Å². The van der Waals surface area contributed by atoms with E-state index >= 15 is 0 Å². The number of hydrogen-bond donors (Lipinski definition) is 2. The lowest BCUT2D eigenvalue weighted by Crippen LogP contribution is -2.29. The van der Waals surface area contributed by atoms with E-state index < -0.39 is 0 Å². The minimum absolute atomic E-state index is 0.270. The van der Waals surface area contributed by atoms with Crippen LogP contribution in [0.1, 0.15) is 36.2 Å². The summed E-state index contributed by atoms with van der Waals surface area (Å²) in [4.78, 5) is 26.3. The van der Waals surface area contributed by atoms with E-state index in [2.05, 4.69) is 32.0 Å². The maximum atomic E-state index is 12.5. The number of nitrogens with two attached hydrogens (primary N) is 1. The predicted octanol–water partition coefficient (Wildman–Crippen LogP) is 3.84. The Morgan fingerprint density at radius 3 is 2.33 bits per heavy atom. The first-order valence-electron chi connectivity index (χ1n) is 11.4. The first-order valence-corrected chi connectivity index (χ1v) is 11.4. The van der Waals surface area contributed by atoms with Crippen LogP contribution in [-0.2, 0) is 13.1 Å². The van der Waals surface area contributed by atoms with Gasteiger partial charge >= 0.3 is 5.69 Å². The van der Waals surface area contributed by atoms with Crippen molar-refractivity contribution in [3.8, 4) is 11.5 Å². The number of benzene rings is 2. The normalized spacial score (nSPS) is 14.6. The molecule has 0 aliphatic carbocycles. The zero-order chi connectivity index (χ0) is 22.8. The van der Waals surface area contributed by atoms with E-state index in [0.29, 0.717) is 23.5 Å². The van der Waals surface area contributed by atoms with Crippen LogP contribution >= 0.6 is 0 Å². The molecule has 2 aromatic carbocycles. The van der Waals surface area contributed by atoms with Gasteiger partial charge in [-0.3, -0.25) is 9.47 Å². The summed E-state index contributed by atoms with van der Waals surface area (Å²) in [6.07, 6.45) is 3.89. The van der Waals surface area contributed by atoms with Gasteiger partial charge in [0.15, 0.2) is 11.5 Å². The van der Waals surface area contributed by atoms with Crippen molar-refractivity contribution < 1.29 is 4.74 Å². The monoisotopic (exact) mass is 444 g/mol. The fourth-order valence-corrected chi connectivity index (χ4v) is 4.42. The van der Waals surface area contributed by atoms with Crippen LogP contribution in [0, 0.1) is 6.92 Å². The number of fused-ring (bicyclic) bond motifs is 1. The van der Waals surface area contributed by atoms with Gasteiger partial charge in [0.2, 0.25) is 0 Å². The van der Waals surface area contributed by atoms with E-state index in [1.807, 2.05) is 36.4 Å². The highest BCUT2D eigenvalue weighted by molar-refractivity contribution is 5.81. The second kappa shape index (κ2) is 9.07. The molecule has 1 saturated heterocycles. The first-order chi connectivity index (χ1) is 16.0. The van der Waals surface area contributed by atoms with Crippen molar-refractivity contribution >= 4 is 17.0 Å². The van der Waals surface area contributed by atoms with Gasteiger partial charge in [0.05, 0.1) is 6.54 Å². The fourth-order valence-electron chi connectivity index (χ4n) is 4.42. The number of nitrogen functional groups attached to an aromatic ring is 1. The lowest BCUT2D eigenvalue weighted by Gasteiger charge is -2.26. The molecule has 0 spiro atoms. The molecule has 8 heteroatoms. The fraction of sp³-hybridized carbons (Fsp3) is 0.320. The average molecular weight is 445 g/mol. The molecule has 3 N–H and O–H groups in total. The Hall–Kier alpha value is -3.65. The van der Waals surface area contributed by atoms with E-state index in [-0.39, 0.29) is 11.5 Å². The molecule has 1 aliphatic heterocycles. The number of imidazole rings is 1. The van der Waals surface area contributed by atoms with Crippen LogP contribution in [0.5, 0.6) is 11.5 Å². The van der Waals surface area contributed by atoms with Crippen molar-refractivity contribution in [1.82, 2.24) is 24.4 Å². The van der Waals surface area contributed by atoms with E-state index in [4.69, 9.17) is 10.5 Å². The largest absolute Gasteiger partial charge is 0.457 e. The Morgan fingerprint density at radius 2 is 1.64 bits per heavy atom. The number of anilines is 1. The van der Waals surface area contributed by atoms with Crippen LogP contribution < -0.4 is 16.2 Å². The van der Waals surface area contributed by atoms with Gasteiger partial charge in [0.25, 0.3) is 0 Å². The minimum Gasteiger partial charge on any atom is -0.457 e. The van der Waals surface area contributed by atoms with Gasteiger partial charge in [0.1, 0.15) is 22.8 Å². The lowest BCUT2D eigenvalue weighted by atomic mass is 10.1. The summed E-state index contributed by atoms with van der Waals surface area (Å²) in [5.74, 6) is 2.33. The number of nitrogens with one attached hydrogen (secondary N) is 1. The Balaban J connectivity index is 1.34. The average Bonchev–Trinajstić information content (AvgIpc) is 3.11. The number of nitrogens with zero attached hydrogens (tertiary/aromatic N) is 4. The van der Waals surface area contributed by atoms with E-state index in [0.717, 1.165) is 36.7 Å². The lowest BCUT2D eigenvalue weighted by molar-refractivity contribution is 0.220. The van der Waals surface area contributed by atoms with Crippen LogP contribution in [0.3, 0.4) is 0 Å². The summed E-state index contributed by atoms with van der Waals surface area (Å²) in [5.41, 5.74) is 8.83. The van der Waals surface area contributed by atoms with Crippen molar-refractivity contribution in [3.05, 3.63) is 76.0 Å². The van der Waals surface area contributed by atoms with Crippen molar-refractivity contribution in [1.29, 1.82) is 0 Å². The molecule has 0 saturated carbocycles. The molecule has 4 aromatic rings. The number of aromatic amines is 1. The number of piperidine rings is 1. The third-order valence-corrected chi connectivity index (χ3v) is 5.99. The van der Waals surface area contributed by atoms with E-state index in [9.17, 15) is 4.79 Å². The van der Waals surface area contributed by atoms with Crippen LogP contribution in [0.15, 0.2) is 53.3 Å². The number of H-pyrrole nitrogens is 1. The van der Waals surface area contributed by atoms with E-state index in [1.165, 1.54) is 24.8 Å². The van der Waals surface area contributed by atoms with Gasteiger partial charge in [0, 0.05) is 6.54 Å². The maximum absolute atomic E-state index is 12.5. The molecule has 5 rings (SSSR count). The SMILES string of the molecule is Cc1nc(N)c2[nH]c(=O)n(Cc3cccc(Oc4cccc(CN5CCCCC5)c4)c3)c2n1. The molecule has 0 amide bonds. The number of rotatable bonds is 6. The topological polar surface area (TPSA) is 102 Å². The Morgan fingerprint density at radius 1 is 0.970 bits per heavy atom. The van der Waals surface area contributed by atoms with Gasteiger partial charge in [-0.15, -0.1) is 0 Å². The van der Waals surface area contributed by atoms with Gasteiger partial charge in [-0.1, -0.05) is 30.7 Å². The predicted molar refractivity (Wildman–Crippen MR) is 128 cm³/mol. The standard InChI is InChI=1S/C25H28N6O2/c1-17-27-23(26)22-24(28-17)31(25(32)29-22)16-19-8-6-10-21(14-19)33-20-9-5-7-18(13-20)15-30-11-3-2-4-12-30/h5-10,13-14H,2-4,11-12,15-16H2,1H3,(H,29,32)(H2,26,27,28).